The van der Waals surface area contributed by atoms with E-state index >= 15 is 0 Å². The molecule has 21 heavy (non-hydrogen) atoms. The second-order valence-corrected chi connectivity index (χ2v) is 6.56. The number of carbonyl (C=O) groups excluding carboxylic acids is 2. The van der Waals surface area contributed by atoms with Crippen molar-refractivity contribution in [2.75, 3.05) is 11.9 Å². The van der Waals surface area contributed by atoms with E-state index in [1.54, 1.807) is 24.3 Å². The molecule has 2 unspecified atom stereocenters. The van der Waals surface area contributed by atoms with Crippen LogP contribution in [-0.2, 0) is 4.79 Å². The molecule has 0 radical (unpaired) electrons. The highest BCUT2D eigenvalue weighted by molar-refractivity contribution is 5.97. The second kappa shape index (κ2) is 5.85. The van der Waals surface area contributed by atoms with Crippen LogP contribution in [0.4, 0.5) is 5.69 Å². The Morgan fingerprint density at radius 1 is 1.29 bits per heavy atom. The third kappa shape index (κ3) is 4.56. The summed E-state index contributed by atoms with van der Waals surface area (Å²) in [6, 6.07) is 6.89. The molecule has 1 aromatic carbocycles. The van der Waals surface area contributed by atoms with Crippen molar-refractivity contribution in [1.82, 2.24) is 5.32 Å². The SMILES string of the molecule is CC1CC1C(=O)Nc1ccc(C(=O)NCC(C)(C)N)cc1. The zero-order valence-corrected chi connectivity index (χ0v) is 12.8. The van der Waals surface area contributed by atoms with Gasteiger partial charge in [-0.25, -0.2) is 0 Å². The maximum atomic E-state index is 11.9. The molecule has 0 aliphatic heterocycles. The largest absolute Gasteiger partial charge is 0.350 e. The van der Waals surface area contributed by atoms with Gasteiger partial charge in [0.15, 0.2) is 0 Å². The van der Waals surface area contributed by atoms with E-state index in [-0.39, 0.29) is 17.7 Å². The highest BCUT2D eigenvalue weighted by Crippen LogP contribution is 2.38. The number of hydrogen-bond acceptors (Lipinski definition) is 3. The molecule has 0 aromatic heterocycles. The van der Waals surface area contributed by atoms with Gasteiger partial charge >= 0.3 is 0 Å². The van der Waals surface area contributed by atoms with Crippen LogP contribution in [0.2, 0.25) is 0 Å². The second-order valence-electron chi connectivity index (χ2n) is 6.56. The van der Waals surface area contributed by atoms with Crippen LogP contribution in [0.1, 0.15) is 37.6 Å². The molecular weight excluding hydrogens is 266 g/mol. The Bertz CT molecular complexity index is 531. The molecule has 1 aliphatic rings. The molecule has 1 aliphatic carbocycles. The molecule has 0 heterocycles. The van der Waals surface area contributed by atoms with Gasteiger partial charge in [0.2, 0.25) is 5.91 Å². The summed E-state index contributed by atoms with van der Waals surface area (Å²) in [6.45, 7) is 6.18. The van der Waals surface area contributed by atoms with Gasteiger partial charge in [-0.1, -0.05) is 6.92 Å². The van der Waals surface area contributed by atoms with E-state index < -0.39 is 5.54 Å². The number of rotatable bonds is 5. The molecule has 2 rings (SSSR count). The van der Waals surface area contributed by atoms with Crippen LogP contribution >= 0.6 is 0 Å². The summed E-state index contributed by atoms with van der Waals surface area (Å²) in [5, 5.41) is 5.65. The summed E-state index contributed by atoms with van der Waals surface area (Å²) >= 11 is 0. The lowest BCUT2D eigenvalue weighted by atomic mass is 10.1. The quantitative estimate of drug-likeness (QED) is 0.772. The summed E-state index contributed by atoms with van der Waals surface area (Å²) in [5.41, 5.74) is 6.65. The van der Waals surface area contributed by atoms with Crippen molar-refractivity contribution < 1.29 is 9.59 Å². The van der Waals surface area contributed by atoms with Gasteiger partial charge in [0, 0.05) is 29.3 Å². The molecule has 0 bridgehead atoms. The molecule has 5 heteroatoms. The van der Waals surface area contributed by atoms with Crippen LogP contribution in [0.3, 0.4) is 0 Å². The first-order valence-electron chi connectivity index (χ1n) is 7.24. The Hall–Kier alpha value is -1.88. The minimum Gasteiger partial charge on any atom is -0.350 e. The van der Waals surface area contributed by atoms with Crippen LogP contribution in [0.15, 0.2) is 24.3 Å². The number of nitrogens with one attached hydrogen (secondary N) is 2. The third-order valence-electron chi connectivity index (χ3n) is 3.57. The van der Waals surface area contributed by atoms with Gasteiger partial charge in [-0.2, -0.15) is 0 Å². The van der Waals surface area contributed by atoms with E-state index in [1.807, 2.05) is 13.8 Å². The van der Waals surface area contributed by atoms with Crippen molar-refractivity contribution in [1.29, 1.82) is 0 Å². The zero-order chi connectivity index (χ0) is 15.6. The molecule has 114 valence electrons. The Morgan fingerprint density at radius 3 is 2.33 bits per heavy atom. The van der Waals surface area contributed by atoms with E-state index in [2.05, 4.69) is 17.6 Å². The molecule has 5 nitrogen and oxygen atoms in total. The normalized spacial score (nSPS) is 20.8. The summed E-state index contributed by atoms with van der Waals surface area (Å²) < 4.78 is 0. The first-order chi connectivity index (χ1) is 9.76. The Labute approximate surface area is 125 Å². The van der Waals surface area contributed by atoms with Gasteiger partial charge in [0.1, 0.15) is 0 Å². The lowest BCUT2D eigenvalue weighted by molar-refractivity contribution is -0.117. The van der Waals surface area contributed by atoms with E-state index in [1.165, 1.54) is 0 Å². The van der Waals surface area contributed by atoms with Crippen LogP contribution in [-0.4, -0.2) is 23.9 Å². The third-order valence-corrected chi connectivity index (χ3v) is 3.57. The summed E-state index contributed by atoms with van der Waals surface area (Å²) in [6.07, 6.45) is 0.960. The molecule has 1 fully saturated rings. The predicted molar refractivity (Wildman–Crippen MR) is 82.9 cm³/mol. The van der Waals surface area contributed by atoms with Gasteiger partial charge in [-0.05, 0) is 50.5 Å². The lowest BCUT2D eigenvalue weighted by Gasteiger charge is -2.18. The first-order valence-corrected chi connectivity index (χ1v) is 7.24. The summed E-state index contributed by atoms with van der Waals surface area (Å²) in [4.78, 5) is 23.7. The zero-order valence-electron chi connectivity index (χ0n) is 12.8. The number of benzene rings is 1. The van der Waals surface area contributed by atoms with Crippen LogP contribution in [0.25, 0.3) is 0 Å². The molecule has 2 amide bonds. The fraction of sp³-hybridized carbons (Fsp3) is 0.500. The maximum Gasteiger partial charge on any atom is 0.251 e. The number of amides is 2. The van der Waals surface area contributed by atoms with Crippen molar-refractivity contribution >= 4 is 17.5 Å². The molecule has 4 N–H and O–H groups in total. The molecular formula is C16H23N3O2. The molecule has 0 saturated heterocycles. The lowest BCUT2D eigenvalue weighted by Crippen LogP contribution is -2.45. The van der Waals surface area contributed by atoms with E-state index in [9.17, 15) is 9.59 Å². The fourth-order valence-electron chi connectivity index (χ4n) is 2.04. The van der Waals surface area contributed by atoms with E-state index in [4.69, 9.17) is 5.73 Å². The van der Waals surface area contributed by atoms with Crippen LogP contribution in [0, 0.1) is 11.8 Å². The monoisotopic (exact) mass is 289 g/mol. The maximum absolute atomic E-state index is 11.9. The highest BCUT2D eigenvalue weighted by Gasteiger charge is 2.39. The van der Waals surface area contributed by atoms with Crippen LogP contribution in [0.5, 0.6) is 0 Å². The number of carbonyl (C=O) groups is 2. The smallest absolute Gasteiger partial charge is 0.251 e. The van der Waals surface area contributed by atoms with Crippen molar-refractivity contribution in [2.24, 2.45) is 17.6 Å². The average Bonchev–Trinajstić information content (AvgIpc) is 3.13. The molecule has 1 saturated carbocycles. The number of nitrogens with two attached hydrogens (primary N) is 1. The average molecular weight is 289 g/mol. The highest BCUT2D eigenvalue weighted by atomic mass is 16.2. The van der Waals surface area contributed by atoms with Crippen molar-refractivity contribution in [3.05, 3.63) is 29.8 Å². The molecule has 2 atom stereocenters. The molecule has 1 aromatic rings. The summed E-state index contributed by atoms with van der Waals surface area (Å²) in [7, 11) is 0. The predicted octanol–water partition coefficient (Wildman–Crippen LogP) is 1.75. The first kappa shape index (κ1) is 15.5. The number of anilines is 1. The fourth-order valence-corrected chi connectivity index (χ4v) is 2.04. The van der Waals surface area contributed by atoms with Crippen molar-refractivity contribution in [3.8, 4) is 0 Å². The topological polar surface area (TPSA) is 84.2 Å². The van der Waals surface area contributed by atoms with Gasteiger partial charge in [0.05, 0.1) is 0 Å². The number of hydrogen-bond donors (Lipinski definition) is 3. The van der Waals surface area contributed by atoms with E-state index in [0.717, 1.165) is 12.1 Å². The Balaban J connectivity index is 1.89. The standard InChI is InChI=1S/C16H23N3O2/c1-10-8-13(10)15(21)19-12-6-4-11(5-7-12)14(20)18-9-16(2,3)17/h4-7,10,13H,8-9,17H2,1-3H3,(H,18,20)(H,19,21). The minimum atomic E-state index is -0.440. The van der Waals surface area contributed by atoms with Gasteiger partial charge in [-0.3, -0.25) is 9.59 Å². The van der Waals surface area contributed by atoms with Crippen molar-refractivity contribution in [3.63, 3.8) is 0 Å². The van der Waals surface area contributed by atoms with Gasteiger partial charge in [0.25, 0.3) is 5.91 Å². The van der Waals surface area contributed by atoms with Gasteiger partial charge < -0.3 is 16.4 Å². The minimum absolute atomic E-state index is 0.0598. The van der Waals surface area contributed by atoms with E-state index in [0.29, 0.717) is 18.0 Å². The Morgan fingerprint density at radius 2 is 1.86 bits per heavy atom. The van der Waals surface area contributed by atoms with Crippen molar-refractivity contribution in [2.45, 2.75) is 32.7 Å². The van der Waals surface area contributed by atoms with Gasteiger partial charge in [-0.15, -0.1) is 0 Å². The van der Waals surface area contributed by atoms with Crippen LogP contribution < -0.4 is 16.4 Å². The molecule has 0 spiro atoms. The summed E-state index contributed by atoms with van der Waals surface area (Å²) in [5.74, 6) is 0.515. The Kier molecular flexibility index (Phi) is 4.32.